The number of carbonyl (C=O) groups excluding carboxylic acids is 2. The number of hydrogen-bond acceptors (Lipinski definition) is 10. The highest BCUT2D eigenvalue weighted by Gasteiger charge is 2.75. The second kappa shape index (κ2) is 9.13. The van der Waals surface area contributed by atoms with Gasteiger partial charge >= 0.3 is 23.5 Å². The Morgan fingerprint density at radius 1 is 0.765 bits per heavy atom. The van der Waals surface area contributed by atoms with Gasteiger partial charge < -0.3 is 21.7 Å². The number of aliphatic carboxylic acids is 2. The molecule has 2 atom stereocenters. The minimum atomic E-state index is -2.41. The maximum Gasteiger partial charge on any atom is 0.372 e. The molecule has 0 amide bonds. The minimum absolute atomic E-state index is 0.119. The second-order valence-electron chi connectivity index (χ2n) is 8.53. The Hall–Kier alpha value is -2.74. The molecule has 0 radical (unpaired) electrons. The Kier molecular flexibility index (Phi) is 6.95. The summed E-state index contributed by atoms with van der Waals surface area (Å²) >= 11 is 0. The van der Waals surface area contributed by atoms with Crippen LogP contribution in [0.4, 0.5) is 0 Å². The highest BCUT2D eigenvalue weighted by atomic mass is 17.4. The van der Waals surface area contributed by atoms with Crippen LogP contribution < -0.4 is 11.5 Å². The first-order valence-electron chi connectivity index (χ1n) is 10.9. The van der Waals surface area contributed by atoms with Crippen molar-refractivity contribution in [2.24, 2.45) is 11.5 Å². The number of unbranched alkanes of at least 4 members (excludes halogenated alkanes) is 2. The van der Waals surface area contributed by atoms with Crippen molar-refractivity contribution >= 4 is 23.5 Å². The molecule has 0 aliphatic carbocycles. The zero-order valence-corrected chi connectivity index (χ0v) is 18.9. The number of ketones is 2. The molecule has 1 aromatic carbocycles. The van der Waals surface area contributed by atoms with Gasteiger partial charge in [-0.25, -0.2) is 9.59 Å². The maximum atomic E-state index is 13.7. The molecular formula is C22H28N2O10. The lowest BCUT2D eigenvalue weighted by Gasteiger charge is -2.31. The van der Waals surface area contributed by atoms with E-state index in [9.17, 15) is 29.4 Å². The monoisotopic (exact) mass is 480 g/mol. The van der Waals surface area contributed by atoms with Crippen molar-refractivity contribution in [1.82, 2.24) is 0 Å². The van der Waals surface area contributed by atoms with E-state index < -0.39 is 46.2 Å². The van der Waals surface area contributed by atoms with Crippen LogP contribution in [0, 0.1) is 0 Å². The van der Waals surface area contributed by atoms with Crippen molar-refractivity contribution in [3.63, 3.8) is 0 Å². The Morgan fingerprint density at radius 3 is 1.32 bits per heavy atom. The van der Waals surface area contributed by atoms with Crippen LogP contribution in [-0.2, 0) is 29.1 Å². The molecular weight excluding hydrogens is 452 g/mol. The van der Waals surface area contributed by atoms with E-state index in [2.05, 4.69) is 0 Å². The first-order valence-corrected chi connectivity index (χ1v) is 10.9. The van der Waals surface area contributed by atoms with Crippen LogP contribution in [-0.4, -0.2) is 56.4 Å². The zero-order chi connectivity index (χ0) is 25.4. The molecule has 12 heteroatoms. The number of benzene rings is 1. The van der Waals surface area contributed by atoms with Gasteiger partial charge in [-0.15, -0.1) is 0 Å². The number of carbonyl (C=O) groups is 4. The topological polar surface area (TPSA) is 211 Å². The highest BCUT2D eigenvalue weighted by Crippen LogP contribution is 2.46. The largest absolute Gasteiger partial charge is 0.477 e. The van der Waals surface area contributed by atoms with Gasteiger partial charge in [-0.1, -0.05) is 63.8 Å². The predicted molar refractivity (Wildman–Crippen MR) is 113 cm³/mol. The average molecular weight is 480 g/mol. The lowest BCUT2D eigenvalue weighted by molar-refractivity contribution is -0.147. The van der Waals surface area contributed by atoms with E-state index in [0.29, 0.717) is 25.7 Å². The molecule has 3 rings (SSSR count). The molecule has 6 N–H and O–H groups in total. The van der Waals surface area contributed by atoms with Crippen molar-refractivity contribution in [3.05, 3.63) is 35.4 Å². The molecule has 2 heterocycles. The number of carboxylic acids is 2. The van der Waals surface area contributed by atoms with Crippen molar-refractivity contribution in [1.29, 1.82) is 0 Å². The third-order valence-electron chi connectivity index (χ3n) is 6.31. The SMILES string of the molecule is CCCCC(N)(C(=O)c1ccccc1C(=O)C(N)(CCCC)C1(C(=O)O)OO1)C1(C(=O)O)OO1. The molecule has 2 aliphatic heterocycles. The van der Waals surface area contributed by atoms with Gasteiger partial charge in [0.15, 0.2) is 22.6 Å². The summed E-state index contributed by atoms with van der Waals surface area (Å²) in [5, 5.41) is 19.3. The van der Waals surface area contributed by atoms with Crippen LogP contribution in [0.3, 0.4) is 0 Å². The number of hydrogen-bond donors (Lipinski definition) is 4. The summed E-state index contributed by atoms with van der Waals surface area (Å²) in [5.41, 5.74) is 7.82. The quantitative estimate of drug-likeness (QED) is 0.169. The van der Waals surface area contributed by atoms with Gasteiger partial charge in [0.25, 0.3) is 0 Å². The van der Waals surface area contributed by atoms with Crippen molar-refractivity contribution < 1.29 is 48.9 Å². The predicted octanol–water partition coefficient (Wildman–Crippen LogP) is 1.31. The molecule has 2 unspecified atom stereocenters. The molecule has 12 nitrogen and oxygen atoms in total. The second-order valence-corrected chi connectivity index (χ2v) is 8.53. The molecule has 2 saturated heterocycles. The van der Waals surface area contributed by atoms with Crippen LogP contribution in [0.5, 0.6) is 0 Å². The third kappa shape index (κ3) is 3.82. The van der Waals surface area contributed by atoms with Crippen LogP contribution >= 0.6 is 0 Å². The van der Waals surface area contributed by atoms with E-state index in [1.807, 2.05) is 13.8 Å². The molecule has 0 spiro atoms. The fourth-order valence-corrected chi connectivity index (χ4v) is 4.03. The number of carboxylic acid groups (broad SMARTS) is 2. The lowest BCUT2D eigenvalue weighted by atomic mass is 9.74. The maximum absolute atomic E-state index is 13.7. The first-order chi connectivity index (χ1) is 16.0. The Bertz CT molecular complexity index is 924. The van der Waals surface area contributed by atoms with Gasteiger partial charge in [0.1, 0.15) is 0 Å². The molecule has 2 fully saturated rings. The van der Waals surface area contributed by atoms with E-state index in [0.717, 1.165) is 0 Å². The molecule has 34 heavy (non-hydrogen) atoms. The van der Waals surface area contributed by atoms with Crippen LogP contribution in [0.15, 0.2) is 24.3 Å². The number of rotatable bonds is 14. The highest BCUT2D eigenvalue weighted by molar-refractivity contribution is 6.17. The molecule has 1 aromatic rings. The normalized spacial score (nSPS) is 21.1. The standard InChI is InChI=1S/C22H28N2O10/c1-3-5-11-19(23,21(17(27)28)31-32-21)15(25)13-9-7-8-10-14(13)16(26)20(24,12-6-4-2)22(18(29)30)33-34-22/h7-10H,3-6,11-12,23-24H2,1-2H3,(H,27,28)(H,29,30). The first kappa shape index (κ1) is 25.9. The third-order valence-corrected chi connectivity index (χ3v) is 6.31. The number of Topliss-reactive ketones (excluding diaryl/α,β-unsaturated/α-hetero) is 2. The Labute approximate surface area is 194 Å². The summed E-state index contributed by atoms with van der Waals surface area (Å²) in [7, 11) is 0. The summed E-state index contributed by atoms with van der Waals surface area (Å²) in [4.78, 5) is 70.0. The van der Waals surface area contributed by atoms with Crippen molar-refractivity contribution in [2.75, 3.05) is 0 Å². The molecule has 0 aromatic heterocycles. The summed E-state index contributed by atoms with van der Waals surface area (Å²) in [6, 6.07) is 5.47. The van der Waals surface area contributed by atoms with Crippen LogP contribution in [0.2, 0.25) is 0 Å². The minimum Gasteiger partial charge on any atom is -0.477 e. The summed E-state index contributed by atoms with van der Waals surface area (Å²) < 4.78 is 0. The average Bonchev–Trinajstić information content (AvgIpc) is 3.72. The summed E-state index contributed by atoms with van der Waals surface area (Å²) in [6.07, 6.45) is 1.66. The van der Waals surface area contributed by atoms with Gasteiger partial charge in [0.2, 0.25) is 0 Å². The van der Waals surface area contributed by atoms with Gasteiger partial charge in [-0.3, -0.25) is 9.59 Å². The smallest absolute Gasteiger partial charge is 0.372 e. The summed E-state index contributed by atoms with van der Waals surface area (Å²) in [6.45, 7) is 3.64. The van der Waals surface area contributed by atoms with E-state index in [1.165, 1.54) is 24.3 Å². The Morgan fingerprint density at radius 2 is 1.09 bits per heavy atom. The van der Waals surface area contributed by atoms with E-state index >= 15 is 0 Å². The molecule has 0 saturated carbocycles. The van der Waals surface area contributed by atoms with E-state index in [1.54, 1.807) is 0 Å². The van der Waals surface area contributed by atoms with Crippen LogP contribution in [0.1, 0.15) is 73.1 Å². The Balaban J connectivity index is 2.10. The lowest BCUT2D eigenvalue weighted by Crippen LogP contribution is -2.64. The van der Waals surface area contributed by atoms with Crippen LogP contribution in [0.25, 0.3) is 0 Å². The number of nitrogens with two attached hydrogens (primary N) is 2. The zero-order valence-electron chi connectivity index (χ0n) is 18.9. The van der Waals surface area contributed by atoms with E-state index in [4.69, 9.17) is 31.0 Å². The van der Waals surface area contributed by atoms with Gasteiger partial charge in [0.05, 0.1) is 0 Å². The molecule has 2 aliphatic rings. The van der Waals surface area contributed by atoms with E-state index in [-0.39, 0.29) is 24.0 Å². The fraction of sp³-hybridized carbons (Fsp3) is 0.545. The fourth-order valence-electron chi connectivity index (χ4n) is 4.03. The van der Waals surface area contributed by atoms with Gasteiger partial charge in [-0.05, 0) is 12.8 Å². The van der Waals surface area contributed by atoms with Crippen molar-refractivity contribution in [2.45, 2.75) is 75.0 Å². The van der Waals surface area contributed by atoms with Crippen molar-refractivity contribution in [3.8, 4) is 0 Å². The van der Waals surface area contributed by atoms with Gasteiger partial charge in [-0.2, -0.15) is 19.6 Å². The molecule has 0 bridgehead atoms. The van der Waals surface area contributed by atoms with Gasteiger partial charge in [0, 0.05) is 11.1 Å². The molecule has 186 valence electrons. The summed E-state index contributed by atoms with van der Waals surface area (Å²) in [5.74, 6) is -9.87.